The Kier molecular flexibility index (Phi) is 5.91. The van der Waals surface area contributed by atoms with Gasteiger partial charge in [0.2, 0.25) is 5.91 Å². The lowest BCUT2D eigenvalue weighted by Crippen LogP contribution is -2.54. The van der Waals surface area contributed by atoms with Crippen LogP contribution in [0.15, 0.2) is 24.3 Å². The Morgan fingerprint density at radius 2 is 1.93 bits per heavy atom. The molecule has 3 N–H and O–H groups in total. The molecule has 1 aliphatic carbocycles. The van der Waals surface area contributed by atoms with Gasteiger partial charge in [-0.05, 0) is 55.2 Å². The van der Waals surface area contributed by atoms with Crippen molar-refractivity contribution in [3.63, 3.8) is 0 Å². The van der Waals surface area contributed by atoms with Crippen molar-refractivity contribution in [2.75, 3.05) is 6.54 Å². The van der Waals surface area contributed by atoms with Gasteiger partial charge in [-0.2, -0.15) is 0 Å². The normalized spacial score (nSPS) is 27.7. The van der Waals surface area contributed by atoms with Gasteiger partial charge in [0.15, 0.2) is 0 Å². The number of imide groups is 1. The molecule has 0 bridgehead atoms. The lowest BCUT2D eigenvalue weighted by Gasteiger charge is -2.43. The maximum Gasteiger partial charge on any atom is 0.325 e. The first-order chi connectivity index (χ1) is 13.9. The molecule has 1 spiro atoms. The molecule has 1 aliphatic heterocycles. The van der Waals surface area contributed by atoms with Crippen molar-refractivity contribution in [1.29, 1.82) is 0 Å². The second-order valence-corrected chi connectivity index (χ2v) is 9.61. The van der Waals surface area contributed by atoms with Gasteiger partial charge in [0.1, 0.15) is 17.9 Å². The number of aliphatic hydroxyl groups is 1. The van der Waals surface area contributed by atoms with Crippen LogP contribution in [-0.2, 0) is 9.59 Å². The first kappa shape index (κ1) is 22.2. The maximum atomic E-state index is 13.1. The molecule has 1 aromatic rings. The van der Waals surface area contributed by atoms with Crippen LogP contribution >= 0.6 is 0 Å². The third-order valence-electron chi connectivity index (χ3n) is 6.00. The molecule has 1 heterocycles. The van der Waals surface area contributed by atoms with Crippen molar-refractivity contribution in [3.05, 3.63) is 35.6 Å². The minimum absolute atomic E-state index is 0.0906. The van der Waals surface area contributed by atoms with E-state index >= 15 is 0 Å². The number of urea groups is 1. The average molecular weight is 419 g/mol. The third kappa shape index (κ3) is 4.48. The van der Waals surface area contributed by atoms with Crippen molar-refractivity contribution in [3.8, 4) is 0 Å². The van der Waals surface area contributed by atoms with E-state index in [1.165, 1.54) is 24.3 Å². The standard InChI is InChI=1S/C22H30FN3O4/c1-13-9-21(3,4)12-22(10-13)19(29)26(20(30)25-22)11-17(27)24-14(2)18(28)15-5-7-16(23)8-6-15/h5-8,13-14,18,28H,9-12H2,1-4H3,(H,24,27)(H,25,30). The number of halogens is 1. The average Bonchev–Trinajstić information content (AvgIpc) is 2.83. The Morgan fingerprint density at radius 1 is 1.30 bits per heavy atom. The van der Waals surface area contributed by atoms with Crippen LogP contribution in [0.25, 0.3) is 0 Å². The van der Waals surface area contributed by atoms with Gasteiger partial charge >= 0.3 is 6.03 Å². The number of carbonyl (C=O) groups excluding carboxylic acids is 3. The van der Waals surface area contributed by atoms with Gasteiger partial charge in [-0.15, -0.1) is 0 Å². The summed E-state index contributed by atoms with van der Waals surface area (Å²) in [5.74, 6) is -1.06. The number of benzene rings is 1. The zero-order chi connectivity index (χ0) is 22.3. The molecule has 4 amide bonds. The molecule has 3 rings (SSSR count). The number of nitrogens with zero attached hydrogens (tertiary/aromatic N) is 1. The highest BCUT2D eigenvalue weighted by Gasteiger charge is 2.56. The summed E-state index contributed by atoms with van der Waals surface area (Å²) < 4.78 is 13.1. The van der Waals surface area contributed by atoms with E-state index in [2.05, 4.69) is 31.4 Å². The number of amides is 4. The van der Waals surface area contributed by atoms with E-state index in [9.17, 15) is 23.9 Å². The first-order valence-corrected chi connectivity index (χ1v) is 10.3. The van der Waals surface area contributed by atoms with Crippen molar-refractivity contribution in [1.82, 2.24) is 15.5 Å². The van der Waals surface area contributed by atoms with Crippen LogP contribution in [0.1, 0.15) is 58.6 Å². The number of aliphatic hydroxyl groups excluding tert-OH is 1. The number of hydrogen-bond acceptors (Lipinski definition) is 4. The second kappa shape index (κ2) is 7.98. The van der Waals surface area contributed by atoms with Crippen molar-refractivity contribution in [2.45, 2.75) is 64.6 Å². The fraction of sp³-hybridized carbons (Fsp3) is 0.591. The van der Waals surface area contributed by atoms with Crippen LogP contribution in [0.4, 0.5) is 9.18 Å². The Hall–Kier alpha value is -2.48. The summed E-state index contributed by atoms with van der Waals surface area (Å²) in [7, 11) is 0. The molecule has 2 aliphatic rings. The van der Waals surface area contributed by atoms with E-state index in [-0.39, 0.29) is 17.2 Å². The van der Waals surface area contributed by atoms with Crippen LogP contribution in [0.5, 0.6) is 0 Å². The molecule has 0 aromatic heterocycles. The molecule has 30 heavy (non-hydrogen) atoms. The smallest absolute Gasteiger partial charge is 0.325 e. The molecule has 164 valence electrons. The fourth-order valence-corrected chi connectivity index (χ4v) is 5.12. The van der Waals surface area contributed by atoms with E-state index in [0.717, 1.165) is 11.3 Å². The highest BCUT2D eigenvalue weighted by molar-refractivity contribution is 6.09. The lowest BCUT2D eigenvalue weighted by atomic mass is 9.64. The quantitative estimate of drug-likeness (QED) is 0.639. The van der Waals surface area contributed by atoms with Gasteiger partial charge in [-0.3, -0.25) is 14.5 Å². The monoisotopic (exact) mass is 419 g/mol. The van der Waals surface area contributed by atoms with Crippen LogP contribution in [0.2, 0.25) is 0 Å². The maximum absolute atomic E-state index is 13.1. The zero-order valence-electron chi connectivity index (χ0n) is 17.9. The minimum Gasteiger partial charge on any atom is -0.386 e. The number of hydrogen-bond donors (Lipinski definition) is 3. The fourth-order valence-electron chi connectivity index (χ4n) is 5.12. The van der Waals surface area contributed by atoms with Gasteiger partial charge in [0.05, 0.1) is 12.1 Å². The molecule has 4 unspecified atom stereocenters. The largest absolute Gasteiger partial charge is 0.386 e. The van der Waals surface area contributed by atoms with Gasteiger partial charge < -0.3 is 15.7 Å². The van der Waals surface area contributed by atoms with Crippen molar-refractivity contribution in [2.24, 2.45) is 11.3 Å². The lowest BCUT2D eigenvalue weighted by molar-refractivity contribution is -0.138. The highest BCUT2D eigenvalue weighted by Crippen LogP contribution is 2.46. The summed E-state index contributed by atoms with van der Waals surface area (Å²) in [6, 6.07) is 4.09. The summed E-state index contributed by atoms with van der Waals surface area (Å²) in [5.41, 5.74) is -0.596. The molecule has 0 radical (unpaired) electrons. The highest BCUT2D eigenvalue weighted by atomic mass is 19.1. The predicted octanol–water partition coefficient (Wildman–Crippen LogP) is 2.50. The van der Waals surface area contributed by atoms with Crippen LogP contribution in [0.3, 0.4) is 0 Å². The Morgan fingerprint density at radius 3 is 2.53 bits per heavy atom. The first-order valence-electron chi connectivity index (χ1n) is 10.3. The molecule has 2 fully saturated rings. The Bertz CT molecular complexity index is 841. The molecule has 1 saturated heterocycles. The van der Waals surface area contributed by atoms with Crippen LogP contribution in [0, 0.1) is 17.2 Å². The van der Waals surface area contributed by atoms with Gasteiger partial charge in [0, 0.05) is 0 Å². The second-order valence-electron chi connectivity index (χ2n) is 9.61. The number of rotatable bonds is 5. The molecular weight excluding hydrogens is 389 g/mol. The summed E-state index contributed by atoms with van der Waals surface area (Å²) in [6.45, 7) is 7.41. The minimum atomic E-state index is -1.05. The molecule has 1 saturated carbocycles. The summed E-state index contributed by atoms with van der Waals surface area (Å²) in [6.07, 6.45) is 1.01. The topological polar surface area (TPSA) is 98.7 Å². The van der Waals surface area contributed by atoms with Gasteiger partial charge in [-0.1, -0.05) is 32.9 Å². The summed E-state index contributed by atoms with van der Waals surface area (Å²) >= 11 is 0. The van der Waals surface area contributed by atoms with Gasteiger partial charge in [-0.25, -0.2) is 9.18 Å². The molecule has 7 nitrogen and oxygen atoms in total. The zero-order valence-corrected chi connectivity index (χ0v) is 17.9. The van der Waals surface area contributed by atoms with Crippen LogP contribution in [-0.4, -0.2) is 46.0 Å². The summed E-state index contributed by atoms with van der Waals surface area (Å²) in [4.78, 5) is 39.1. The summed E-state index contributed by atoms with van der Waals surface area (Å²) in [5, 5.41) is 15.8. The Labute approximate surface area is 176 Å². The van der Waals surface area contributed by atoms with E-state index in [0.29, 0.717) is 18.4 Å². The van der Waals surface area contributed by atoms with E-state index in [1.54, 1.807) is 6.92 Å². The van der Waals surface area contributed by atoms with E-state index in [4.69, 9.17) is 0 Å². The number of nitrogens with one attached hydrogen (secondary N) is 2. The molecule has 8 heteroatoms. The number of carbonyl (C=O) groups is 3. The third-order valence-corrected chi connectivity index (χ3v) is 6.00. The molecule has 1 aromatic carbocycles. The molecule has 4 atom stereocenters. The Balaban J connectivity index is 1.64. The van der Waals surface area contributed by atoms with Gasteiger partial charge in [0.25, 0.3) is 5.91 Å². The van der Waals surface area contributed by atoms with Crippen molar-refractivity contribution >= 4 is 17.8 Å². The molecular formula is C22H30FN3O4. The predicted molar refractivity (Wildman–Crippen MR) is 109 cm³/mol. The van der Waals surface area contributed by atoms with E-state index < -0.39 is 42.0 Å². The van der Waals surface area contributed by atoms with Crippen LogP contribution < -0.4 is 10.6 Å². The van der Waals surface area contributed by atoms with Crippen molar-refractivity contribution < 1.29 is 23.9 Å². The van der Waals surface area contributed by atoms with E-state index in [1.807, 2.05) is 0 Å². The SMILES string of the molecule is CC1CC(C)(C)CC2(C1)NC(=O)N(CC(=O)NC(C)C(O)c1ccc(F)cc1)C2=O.